The van der Waals surface area contributed by atoms with Gasteiger partial charge in [0.2, 0.25) is 15.9 Å². The molecule has 0 aliphatic carbocycles. The summed E-state index contributed by atoms with van der Waals surface area (Å²) in [5.74, 6) is -0.389. The molecule has 0 fully saturated rings. The number of benzene rings is 2. The molecule has 0 aliphatic rings. The van der Waals surface area contributed by atoms with Crippen molar-refractivity contribution in [1.82, 2.24) is 4.72 Å². The third-order valence-corrected chi connectivity index (χ3v) is 5.90. The Balaban J connectivity index is 1.92. The number of hydrogen-bond donors (Lipinski definition) is 3. The van der Waals surface area contributed by atoms with Crippen LogP contribution in [0.4, 0.5) is 11.4 Å². The molecule has 0 unspecified atom stereocenters. The smallest absolute Gasteiger partial charge is 0.255 e. The number of nitrogens with one attached hydrogen (secondary N) is 3. The van der Waals surface area contributed by atoms with Gasteiger partial charge in [-0.3, -0.25) is 9.59 Å². The normalized spacial score (nSPS) is 11.2. The lowest BCUT2D eigenvalue weighted by atomic mass is 10.1. The van der Waals surface area contributed by atoms with Crippen LogP contribution in [0.25, 0.3) is 0 Å². The van der Waals surface area contributed by atoms with E-state index >= 15 is 0 Å². The highest BCUT2D eigenvalue weighted by molar-refractivity contribution is 7.89. The summed E-state index contributed by atoms with van der Waals surface area (Å²) in [7, 11) is -2.05. The highest BCUT2D eigenvalue weighted by atomic mass is 32.2. The standard InChI is InChI=1S/C22H29N3O5S/c1-3-4-6-21(26)24-18-9-7-17(8-10-18)22(27)25-19-11-13-20(14-12-19)31(28,29)23-15-5-16-30-2/h7-14,23H,3-6,15-16H2,1-2H3,(H,24,26)(H,25,27). The van der Waals surface area contributed by atoms with Gasteiger partial charge in [-0.25, -0.2) is 13.1 Å². The molecule has 0 spiro atoms. The topological polar surface area (TPSA) is 114 Å². The highest BCUT2D eigenvalue weighted by Crippen LogP contribution is 2.16. The molecule has 0 saturated heterocycles. The molecule has 2 aromatic carbocycles. The maximum atomic E-state index is 12.4. The molecule has 9 heteroatoms. The lowest BCUT2D eigenvalue weighted by molar-refractivity contribution is -0.116. The van der Waals surface area contributed by atoms with Gasteiger partial charge < -0.3 is 15.4 Å². The maximum Gasteiger partial charge on any atom is 0.255 e. The van der Waals surface area contributed by atoms with Crippen LogP contribution in [0.5, 0.6) is 0 Å². The summed E-state index contributed by atoms with van der Waals surface area (Å²) >= 11 is 0. The predicted octanol–water partition coefficient (Wildman–Crippen LogP) is 3.38. The van der Waals surface area contributed by atoms with Gasteiger partial charge in [0.25, 0.3) is 5.91 Å². The van der Waals surface area contributed by atoms with Gasteiger partial charge in [-0.05, 0) is 61.4 Å². The van der Waals surface area contributed by atoms with E-state index in [9.17, 15) is 18.0 Å². The number of ether oxygens (including phenoxy) is 1. The van der Waals surface area contributed by atoms with Crippen LogP contribution in [0.3, 0.4) is 0 Å². The van der Waals surface area contributed by atoms with E-state index < -0.39 is 10.0 Å². The molecule has 0 aromatic heterocycles. The van der Waals surface area contributed by atoms with Crippen molar-refractivity contribution in [3.63, 3.8) is 0 Å². The summed E-state index contributed by atoms with van der Waals surface area (Å²) in [5, 5.41) is 5.52. The van der Waals surface area contributed by atoms with E-state index in [1.165, 1.54) is 24.3 Å². The minimum absolute atomic E-state index is 0.0534. The molecule has 0 heterocycles. The fourth-order valence-corrected chi connectivity index (χ4v) is 3.77. The van der Waals surface area contributed by atoms with E-state index in [-0.39, 0.29) is 23.3 Å². The zero-order chi connectivity index (χ0) is 22.7. The Hall–Kier alpha value is -2.75. The fraction of sp³-hybridized carbons (Fsp3) is 0.364. The Bertz CT molecular complexity index is 958. The van der Waals surface area contributed by atoms with Gasteiger partial charge in [-0.2, -0.15) is 0 Å². The molecular weight excluding hydrogens is 418 g/mol. The van der Waals surface area contributed by atoms with Crippen molar-refractivity contribution < 1.29 is 22.7 Å². The van der Waals surface area contributed by atoms with Gasteiger partial charge >= 0.3 is 0 Å². The van der Waals surface area contributed by atoms with E-state index in [0.717, 1.165) is 12.8 Å². The molecule has 3 N–H and O–H groups in total. The zero-order valence-electron chi connectivity index (χ0n) is 17.8. The van der Waals surface area contributed by atoms with Crippen LogP contribution < -0.4 is 15.4 Å². The first kappa shape index (κ1) is 24.5. The monoisotopic (exact) mass is 447 g/mol. The van der Waals surface area contributed by atoms with Crippen molar-refractivity contribution in [3.8, 4) is 0 Å². The van der Waals surface area contributed by atoms with Crippen molar-refractivity contribution in [2.45, 2.75) is 37.5 Å². The summed E-state index contributed by atoms with van der Waals surface area (Å²) in [5.41, 5.74) is 1.52. The Labute approximate surface area is 183 Å². The number of methoxy groups -OCH3 is 1. The summed E-state index contributed by atoms with van der Waals surface area (Å²) < 4.78 is 31.9. The summed E-state index contributed by atoms with van der Waals surface area (Å²) in [6, 6.07) is 12.5. The quantitative estimate of drug-likeness (QED) is 0.432. The van der Waals surface area contributed by atoms with Gasteiger partial charge in [0.1, 0.15) is 0 Å². The summed E-state index contributed by atoms with van der Waals surface area (Å²) in [4.78, 5) is 24.3. The molecular formula is C22H29N3O5S. The minimum Gasteiger partial charge on any atom is -0.385 e. The number of amides is 2. The maximum absolute atomic E-state index is 12.4. The molecule has 2 rings (SSSR count). The Morgan fingerprint density at radius 3 is 2.13 bits per heavy atom. The molecule has 2 amide bonds. The third-order valence-electron chi connectivity index (χ3n) is 4.43. The van der Waals surface area contributed by atoms with Crippen molar-refractivity contribution >= 4 is 33.2 Å². The number of hydrogen-bond acceptors (Lipinski definition) is 5. The molecule has 0 radical (unpaired) electrons. The van der Waals surface area contributed by atoms with E-state index in [1.54, 1.807) is 31.4 Å². The van der Waals surface area contributed by atoms with E-state index in [1.807, 2.05) is 6.92 Å². The van der Waals surface area contributed by atoms with Crippen LogP contribution in [0, 0.1) is 0 Å². The van der Waals surface area contributed by atoms with Crippen molar-refractivity contribution in [3.05, 3.63) is 54.1 Å². The van der Waals surface area contributed by atoms with Gasteiger partial charge in [-0.15, -0.1) is 0 Å². The van der Waals surface area contributed by atoms with Crippen molar-refractivity contribution in [1.29, 1.82) is 0 Å². The number of carbonyl (C=O) groups excluding carboxylic acids is 2. The first-order valence-corrected chi connectivity index (χ1v) is 11.6. The second kappa shape index (κ2) is 12.2. The second-order valence-corrected chi connectivity index (χ2v) is 8.72. The largest absolute Gasteiger partial charge is 0.385 e. The van der Waals surface area contributed by atoms with Crippen LogP contribution in [0.2, 0.25) is 0 Å². The predicted molar refractivity (Wildman–Crippen MR) is 121 cm³/mol. The van der Waals surface area contributed by atoms with Gasteiger partial charge in [0.05, 0.1) is 4.90 Å². The van der Waals surface area contributed by atoms with Crippen LogP contribution in [-0.2, 0) is 19.6 Å². The van der Waals surface area contributed by atoms with E-state index in [0.29, 0.717) is 36.4 Å². The van der Waals surface area contributed by atoms with Crippen LogP contribution >= 0.6 is 0 Å². The highest BCUT2D eigenvalue weighted by Gasteiger charge is 2.14. The Morgan fingerprint density at radius 2 is 1.52 bits per heavy atom. The minimum atomic E-state index is -3.61. The molecule has 2 aromatic rings. The third kappa shape index (κ3) is 8.12. The number of rotatable bonds is 12. The number of unbranched alkanes of at least 4 members (excludes halogenated alkanes) is 1. The molecule has 31 heavy (non-hydrogen) atoms. The van der Waals surface area contributed by atoms with Crippen molar-refractivity contribution in [2.24, 2.45) is 0 Å². The van der Waals surface area contributed by atoms with Crippen LogP contribution in [-0.4, -0.2) is 40.5 Å². The number of anilines is 2. The van der Waals surface area contributed by atoms with Crippen LogP contribution in [0.15, 0.2) is 53.4 Å². The first-order chi connectivity index (χ1) is 14.9. The van der Waals surface area contributed by atoms with Gasteiger partial charge in [0.15, 0.2) is 0 Å². The summed E-state index contributed by atoms with van der Waals surface area (Å²) in [6.07, 6.45) is 2.82. The van der Waals surface area contributed by atoms with Crippen molar-refractivity contribution in [2.75, 3.05) is 30.9 Å². The number of sulfonamides is 1. The van der Waals surface area contributed by atoms with Crippen LogP contribution in [0.1, 0.15) is 43.0 Å². The lowest BCUT2D eigenvalue weighted by Crippen LogP contribution is -2.25. The second-order valence-electron chi connectivity index (χ2n) is 6.95. The van der Waals surface area contributed by atoms with E-state index in [4.69, 9.17) is 4.74 Å². The Morgan fingerprint density at radius 1 is 0.903 bits per heavy atom. The van der Waals surface area contributed by atoms with Gasteiger partial charge in [0, 0.05) is 43.6 Å². The lowest BCUT2D eigenvalue weighted by Gasteiger charge is -2.09. The molecule has 0 bridgehead atoms. The molecule has 0 atom stereocenters. The Kier molecular flexibility index (Phi) is 9.64. The molecule has 0 aliphatic heterocycles. The SMILES string of the molecule is CCCCC(=O)Nc1ccc(C(=O)Nc2ccc(S(=O)(=O)NCCCOC)cc2)cc1. The van der Waals surface area contributed by atoms with E-state index in [2.05, 4.69) is 15.4 Å². The molecule has 0 saturated carbocycles. The zero-order valence-corrected chi connectivity index (χ0v) is 18.6. The fourth-order valence-electron chi connectivity index (χ4n) is 2.69. The average Bonchev–Trinajstić information content (AvgIpc) is 2.76. The molecule has 8 nitrogen and oxygen atoms in total. The average molecular weight is 448 g/mol. The first-order valence-electron chi connectivity index (χ1n) is 10.2. The molecule has 168 valence electrons. The number of carbonyl (C=O) groups is 2. The summed E-state index contributed by atoms with van der Waals surface area (Å²) in [6.45, 7) is 2.78. The van der Waals surface area contributed by atoms with Gasteiger partial charge in [-0.1, -0.05) is 13.3 Å².